The van der Waals surface area contributed by atoms with E-state index >= 15 is 0 Å². The van der Waals surface area contributed by atoms with Crippen molar-refractivity contribution in [2.24, 2.45) is 0 Å². The van der Waals surface area contributed by atoms with Crippen LogP contribution in [0.2, 0.25) is 10.0 Å². The normalized spacial score (nSPS) is 15.4. The van der Waals surface area contributed by atoms with Gasteiger partial charge < -0.3 is 10.1 Å². The first-order chi connectivity index (χ1) is 14.4. The molecule has 2 aromatic carbocycles. The predicted octanol–water partition coefficient (Wildman–Crippen LogP) is 4.59. The van der Waals surface area contributed by atoms with Crippen LogP contribution in [0.15, 0.2) is 36.4 Å². The van der Waals surface area contributed by atoms with Gasteiger partial charge in [-0.2, -0.15) is 5.10 Å². The van der Waals surface area contributed by atoms with Crippen LogP contribution in [-0.2, 0) is 17.8 Å². The van der Waals surface area contributed by atoms with Crippen molar-refractivity contribution in [1.82, 2.24) is 20.1 Å². The second kappa shape index (κ2) is 8.62. The lowest BCUT2D eigenvalue weighted by Gasteiger charge is -2.26. The van der Waals surface area contributed by atoms with Crippen molar-refractivity contribution < 1.29 is 13.9 Å². The summed E-state index contributed by atoms with van der Waals surface area (Å²) in [5, 5.41) is 8.05. The fourth-order valence-corrected chi connectivity index (χ4v) is 3.72. The lowest BCUT2D eigenvalue weighted by Crippen LogP contribution is -2.33. The Hall–Kier alpha value is -2.64. The number of carbonyl (C=O) groups excluding carboxylic acids is 1. The van der Waals surface area contributed by atoms with Crippen LogP contribution in [-0.4, -0.2) is 27.3 Å². The number of fused-ring (bicyclic) bond motifs is 1. The lowest BCUT2D eigenvalue weighted by molar-refractivity contribution is -0.121. The maximum Gasteiger partial charge on any atom is 0.228 e. The molecule has 1 aromatic heterocycles. The van der Waals surface area contributed by atoms with E-state index < -0.39 is 5.82 Å². The zero-order valence-corrected chi connectivity index (χ0v) is 17.7. The summed E-state index contributed by atoms with van der Waals surface area (Å²) in [5.74, 6) is 0.832. The highest BCUT2D eigenvalue weighted by molar-refractivity contribution is 6.31. The molecule has 1 N–H and O–H groups in total. The number of hydrogen-bond donors (Lipinski definition) is 1. The van der Waals surface area contributed by atoms with Gasteiger partial charge in [0.1, 0.15) is 17.4 Å². The van der Waals surface area contributed by atoms with Gasteiger partial charge in [0.15, 0.2) is 5.82 Å². The maximum absolute atomic E-state index is 13.8. The molecule has 1 amide bonds. The number of amides is 1. The van der Waals surface area contributed by atoms with Crippen LogP contribution in [0, 0.1) is 5.82 Å². The van der Waals surface area contributed by atoms with Crippen LogP contribution >= 0.6 is 23.2 Å². The first-order valence-corrected chi connectivity index (χ1v) is 10.3. The van der Waals surface area contributed by atoms with Gasteiger partial charge in [0, 0.05) is 29.1 Å². The van der Waals surface area contributed by atoms with Gasteiger partial charge in [-0.25, -0.2) is 14.1 Å². The fraction of sp³-hybridized carbons (Fsp3) is 0.286. The van der Waals surface area contributed by atoms with E-state index in [9.17, 15) is 9.18 Å². The Morgan fingerprint density at radius 1 is 1.30 bits per heavy atom. The number of carbonyl (C=O) groups is 1. The molecule has 1 aliphatic rings. The molecule has 0 aliphatic carbocycles. The van der Waals surface area contributed by atoms with Crippen LogP contribution in [0.25, 0.3) is 11.4 Å². The van der Waals surface area contributed by atoms with Crippen molar-refractivity contribution in [2.45, 2.75) is 32.4 Å². The van der Waals surface area contributed by atoms with E-state index in [0.29, 0.717) is 41.8 Å². The Kier molecular flexibility index (Phi) is 5.92. The highest BCUT2D eigenvalue weighted by atomic mass is 35.5. The average Bonchev–Trinajstić information content (AvgIpc) is 3.13. The monoisotopic (exact) mass is 448 g/mol. The molecule has 0 bridgehead atoms. The summed E-state index contributed by atoms with van der Waals surface area (Å²) in [6, 6.07) is 9.57. The molecule has 4 rings (SSSR count). The number of nitrogens with one attached hydrogen (secondary N) is 1. The summed E-state index contributed by atoms with van der Waals surface area (Å²) in [5.41, 5.74) is 1.36. The van der Waals surface area contributed by atoms with Crippen LogP contribution < -0.4 is 10.1 Å². The van der Waals surface area contributed by atoms with Crippen molar-refractivity contribution in [2.75, 3.05) is 6.61 Å². The third kappa shape index (κ3) is 4.27. The molecule has 3 aromatic rings. The fourth-order valence-electron chi connectivity index (χ4n) is 3.42. The van der Waals surface area contributed by atoms with Crippen LogP contribution in [0.5, 0.6) is 5.75 Å². The van der Waals surface area contributed by atoms with Gasteiger partial charge in [0.25, 0.3) is 0 Å². The highest BCUT2D eigenvalue weighted by Crippen LogP contribution is 2.34. The summed E-state index contributed by atoms with van der Waals surface area (Å²) < 4.78 is 21.1. The molecular formula is C21H19Cl2FN4O2. The van der Waals surface area contributed by atoms with E-state index in [1.807, 2.05) is 13.0 Å². The summed E-state index contributed by atoms with van der Waals surface area (Å²) in [7, 11) is 0. The molecule has 9 heteroatoms. The summed E-state index contributed by atoms with van der Waals surface area (Å²) in [6.45, 7) is 2.94. The molecule has 0 saturated heterocycles. The number of ether oxygens (including phenoxy) is 1. The molecular weight excluding hydrogens is 430 g/mol. The molecule has 1 aliphatic heterocycles. The molecule has 0 radical (unpaired) electrons. The first kappa shape index (κ1) is 20.6. The van der Waals surface area contributed by atoms with E-state index in [4.69, 9.17) is 27.9 Å². The highest BCUT2D eigenvalue weighted by Gasteiger charge is 2.24. The van der Waals surface area contributed by atoms with Crippen LogP contribution in [0.1, 0.15) is 30.8 Å². The number of nitrogens with zero attached hydrogens (tertiary/aromatic N) is 3. The van der Waals surface area contributed by atoms with Crippen molar-refractivity contribution in [3.8, 4) is 17.1 Å². The Labute approximate surface area is 183 Å². The molecule has 1 atom stereocenters. The van der Waals surface area contributed by atoms with E-state index in [2.05, 4.69) is 15.4 Å². The molecule has 2 heterocycles. The van der Waals surface area contributed by atoms with Crippen molar-refractivity contribution >= 4 is 29.1 Å². The Bertz CT molecular complexity index is 1100. The SMILES string of the molecule is CCn1nc(-c2ccc(Cl)c(F)c2)nc1CC(=O)N[C@@H]1CCOc2ccc(Cl)cc21. The number of halogens is 3. The molecule has 156 valence electrons. The Morgan fingerprint density at radius 3 is 2.90 bits per heavy atom. The zero-order valence-electron chi connectivity index (χ0n) is 16.2. The van der Waals surface area contributed by atoms with E-state index in [0.717, 1.165) is 11.3 Å². The van der Waals surface area contributed by atoms with Crippen molar-refractivity contribution in [3.05, 3.63) is 63.6 Å². The van der Waals surface area contributed by atoms with Gasteiger partial charge in [-0.05, 0) is 43.3 Å². The lowest BCUT2D eigenvalue weighted by atomic mass is 10.0. The standard InChI is InChI=1S/C21H19Cl2FN4O2/c1-2-28-19(26-21(27-28)12-3-5-15(23)16(24)9-12)11-20(29)25-17-7-8-30-18-6-4-13(22)10-14(17)18/h3-6,9-10,17H,2,7-8,11H2,1H3,(H,25,29)/t17-/m1/s1. The minimum absolute atomic E-state index is 0.0325. The zero-order chi connectivity index (χ0) is 21.3. The van der Waals surface area contributed by atoms with Gasteiger partial charge in [-0.3, -0.25) is 4.79 Å². The molecule has 0 saturated carbocycles. The largest absolute Gasteiger partial charge is 0.493 e. The Balaban J connectivity index is 1.52. The minimum atomic E-state index is -0.543. The predicted molar refractivity (Wildman–Crippen MR) is 112 cm³/mol. The molecule has 6 nitrogen and oxygen atoms in total. The van der Waals surface area contributed by atoms with Crippen LogP contribution in [0.3, 0.4) is 0 Å². The molecule has 0 unspecified atom stereocenters. The third-order valence-corrected chi connectivity index (χ3v) is 5.43. The minimum Gasteiger partial charge on any atom is -0.493 e. The first-order valence-electron chi connectivity index (χ1n) is 9.55. The Morgan fingerprint density at radius 2 is 2.13 bits per heavy atom. The second-order valence-electron chi connectivity index (χ2n) is 6.91. The number of aromatic nitrogens is 3. The summed E-state index contributed by atoms with van der Waals surface area (Å²) in [4.78, 5) is 17.2. The van der Waals surface area contributed by atoms with Gasteiger partial charge in [-0.15, -0.1) is 0 Å². The quantitative estimate of drug-likeness (QED) is 0.619. The van der Waals surface area contributed by atoms with Gasteiger partial charge >= 0.3 is 0 Å². The number of rotatable bonds is 5. The van der Waals surface area contributed by atoms with E-state index in [-0.39, 0.29) is 23.4 Å². The molecule has 0 fully saturated rings. The molecule has 0 spiro atoms. The number of aryl methyl sites for hydroxylation is 1. The number of hydrogen-bond acceptors (Lipinski definition) is 4. The van der Waals surface area contributed by atoms with E-state index in [1.165, 1.54) is 12.1 Å². The van der Waals surface area contributed by atoms with Gasteiger partial charge in [0.05, 0.1) is 24.1 Å². The van der Waals surface area contributed by atoms with Gasteiger partial charge in [0.2, 0.25) is 5.91 Å². The summed E-state index contributed by atoms with van der Waals surface area (Å²) in [6.07, 6.45) is 0.693. The smallest absolute Gasteiger partial charge is 0.228 e. The van der Waals surface area contributed by atoms with Gasteiger partial charge in [-0.1, -0.05) is 23.2 Å². The maximum atomic E-state index is 13.8. The van der Waals surface area contributed by atoms with Crippen molar-refractivity contribution in [3.63, 3.8) is 0 Å². The topological polar surface area (TPSA) is 69.0 Å². The third-order valence-electron chi connectivity index (χ3n) is 4.89. The van der Waals surface area contributed by atoms with E-state index in [1.54, 1.807) is 22.9 Å². The average molecular weight is 449 g/mol. The second-order valence-corrected chi connectivity index (χ2v) is 7.76. The summed E-state index contributed by atoms with van der Waals surface area (Å²) >= 11 is 11.9. The van der Waals surface area contributed by atoms with Crippen LogP contribution in [0.4, 0.5) is 4.39 Å². The van der Waals surface area contributed by atoms with Crippen molar-refractivity contribution in [1.29, 1.82) is 0 Å². The molecule has 30 heavy (non-hydrogen) atoms. The number of benzene rings is 2.